The molecule has 2 saturated heterocycles. The number of amides is 1. The molecule has 2 aliphatic rings. The fraction of sp³-hybridized carbons (Fsp3) is 0.923. The first kappa shape index (κ1) is 12.8. The zero-order valence-electron chi connectivity index (χ0n) is 11.3. The van der Waals surface area contributed by atoms with Crippen molar-refractivity contribution in [3.8, 4) is 0 Å². The number of rotatable bonds is 2. The minimum absolute atomic E-state index is 0.169. The first-order valence-electron chi connectivity index (χ1n) is 6.69. The first-order valence-corrected chi connectivity index (χ1v) is 6.69. The molecule has 1 amide bonds. The lowest BCUT2D eigenvalue weighted by atomic mass is 9.87. The Labute approximate surface area is 104 Å². The van der Waals surface area contributed by atoms with E-state index in [4.69, 9.17) is 0 Å². The number of nitrogens with zero attached hydrogens (tertiary/aromatic N) is 2. The predicted molar refractivity (Wildman–Crippen MR) is 68.9 cm³/mol. The Bertz CT molecular complexity index is 278. The molecule has 4 heteroatoms. The quantitative estimate of drug-likeness (QED) is 0.764. The summed E-state index contributed by atoms with van der Waals surface area (Å²) >= 11 is 0. The zero-order valence-corrected chi connectivity index (χ0v) is 11.3. The van der Waals surface area contributed by atoms with Gasteiger partial charge in [-0.05, 0) is 52.9 Å². The third-order valence-electron chi connectivity index (χ3n) is 4.44. The molecule has 2 heterocycles. The highest BCUT2D eigenvalue weighted by Gasteiger charge is 2.40. The van der Waals surface area contributed by atoms with Gasteiger partial charge in [0.2, 0.25) is 5.91 Å². The van der Waals surface area contributed by atoms with Crippen LogP contribution in [0.1, 0.15) is 26.2 Å². The van der Waals surface area contributed by atoms with Crippen LogP contribution in [0.15, 0.2) is 0 Å². The number of piperidine rings is 1. The Hall–Kier alpha value is -0.610. The van der Waals surface area contributed by atoms with Gasteiger partial charge in [-0.2, -0.15) is 0 Å². The van der Waals surface area contributed by atoms with E-state index < -0.39 is 0 Å². The van der Waals surface area contributed by atoms with E-state index in [1.165, 1.54) is 0 Å². The molecular weight excluding hydrogens is 214 g/mol. The molecular formula is C13H25N3O. The standard InChI is InChI=1S/C13H25N3O/c1-13(6-7-14-10-13)12(17)16(3)11-4-8-15(2)9-5-11/h11,14H,4-10H2,1-3H3. The van der Waals surface area contributed by atoms with E-state index in [1.807, 2.05) is 11.9 Å². The Morgan fingerprint density at radius 1 is 1.41 bits per heavy atom. The van der Waals surface area contributed by atoms with E-state index >= 15 is 0 Å². The second kappa shape index (κ2) is 4.94. The lowest BCUT2D eigenvalue weighted by Crippen LogP contribution is -2.49. The highest BCUT2D eigenvalue weighted by atomic mass is 16.2. The summed E-state index contributed by atoms with van der Waals surface area (Å²) < 4.78 is 0. The van der Waals surface area contributed by atoms with Crippen LogP contribution in [0, 0.1) is 5.41 Å². The van der Waals surface area contributed by atoms with Gasteiger partial charge in [0.1, 0.15) is 0 Å². The van der Waals surface area contributed by atoms with Crippen molar-refractivity contribution in [3.63, 3.8) is 0 Å². The Morgan fingerprint density at radius 2 is 2.06 bits per heavy atom. The summed E-state index contributed by atoms with van der Waals surface area (Å²) in [6.45, 7) is 6.13. The molecule has 0 aliphatic carbocycles. The van der Waals surface area contributed by atoms with Crippen LogP contribution < -0.4 is 5.32 Å². The molecule has 1 N–H and O–H groups in total. The van der Waals surface area contributed by atoms with Gasteiger partial charge in [0.15, 0.2) is 0 Å². The smallest absolute Gasteiger partial charge is 0.229 e. The minimum atomic E-state index is -0.169. The maximum absolute atomic E-state index is 12.5. The van der Waals surface area contributed by atoms with E-state index in [0.717, 1.165) is 45.4 Å². The lowest BCUT2D eigenvalue weighted by molar-refractivity contribution is -0.141. The second-order valence-corrected chi connectivity index (χ2v) is 5.94. The maximum atomic E-state index is 12.5. The van der Waals surface area contributed by atoms with E-state index in [9.17, 15) is 4.79 Å². The summed E-state index contributed by atoms with van der Waals surface area (Å²) in [7, 11) is 4.14. The van der Waals surface area contributed by atoms with Crippen molar-refractivity contribution in [1.29, 1.82) is 0 Å². The van der Waals surface area contributed by atoms with Crippen LogP contribution in [0.4, 0.5) is 0 Å². The van der Waals surface area contributed by atoms with Crippen LogP contribution in [0.2, 0.25) is 0 Å². The molecule has 0 spiro atoms. The zero-order chi connectivity index (χ0) is 12.5. The van der Waals surface area contributed by atoms with Crippen molar-refractivity contribution in [2.24, 2.45) is 5.41 Å². The van der Waals surface area contributed by atoms with Gasteiger partial charge in [0, 0.05) is 19.6 Å². The minimum Gasteiger partial charge on any atom is -0.342 e. The molecule has 2 rings (SSSR count). The van der Waals surface area contributed by atoms with Crippen molar-refractivity contribution < 1.29 is 4.79 Å². The second-order valence-electron chi connectivity index (χ2n) is 5.94. The number of carbonyl (C=O) groups is 1. The van der Waals surface area contributed by atoms with Crippen LogP contribution in [-0.2, 0) is 4.79 Å². The number of likely N-dealkylation sites (tertiary alicyclic amines) is 1. The topological polar surface area (TPSA) is 35.6 Å². The van der Waals surface area contributed by atoms with E-state index in [1.54, 1.807) is 0 Å². The molecule has 2 aliphatic heterocycles. The fourth-order valence-electron chi connectivity index (χ4n) is 2.97. The molecule has 0 aromatic rings. The lowest BCUT2D eigenvalue weighted by Gasteiger charge is -2.38. The molecule has 4 nitrogen and oxygen atoms in total. The van der Waals surface area contributed by atoms with Crippen LogP contribution in [0.25, 0.3) is 0 Å². The summed E-state index contributed by atoms with van der Waals surface area (Å²) in [4.78, 5) is 16.9. The highest BCUT2D eigenvalue weighted by Crippen LogP contribution is 2.28. The third-order valence-corrected chi connectivity index (χ3v) is 4.44. The molecule has 1 unspecified atom stereocenters. The predicted octanol–water partition coefficient (Wildman–Crippen LogP) is 0.539. The molecule has 0 aromatic heterocycles. The van der Waals surface area contributed by atoms with Gasteiger partial charge in [-0.3, -0.25) is 4.79 Å². The molecule has 0 saturated carbocycles. The largest absolute Gasteiger partial charge is 0.342 e. The summed E-state index contributed by atoms with van der Waals surface area (Å²) in [5.41, 5.74) is -0.169. The van der Waals surface area contributed by atoms with Crippen LogP contribution in [-0.4, -0.2) is 62.0 Å². The average Bonchev–Trinajstić information content (AvgIpc) is 2.76. The van der Waals surface area contributed by atoms with Crippen LogP contribution >= 0.6 is 0 Å². The van der Waals surface area contributed by atoms with Crippen LogP contribution in [0.3, 0.4) is 0 Å². The van der Waals surface area contributed by atoms with Gasteiger partial charge in [0.25, 0.3) is 0 Å². The molecule has 98 valence electrons. The van der Waals surface area contributed by atoms with Crippen LogP contribution in [0.5, 0.6) is 0 Å². The van der Waals surface area contributed by atoms with Crippen molar-refractivity contribution >= 4 is 5.91 Å². The summed E-state index contributed by atoms with van der Waals surface area (Å²) in [6, 6.07) is 0.441. The molecule has 0 radical (unpaired) electrons. The fourth-order valence-corrected chi connectivity index (χ4v) is 2.97. The molecule has 1 atom stereocenters. The van der Waals surface area contributed by atoms with Crippen molar-refractivity contribution in [2.75, 3.05) is 40.3 Å². The normalized spacial score (nSPS) is 31.7. The summed E-state index contributed by atoms with van der Waals surface area (Å²) in [5.74, 6) is 0.331. The molecule has 0 aromatic carbocycles. The third kappa shape index (κ3) is 2.63. The molecule has 2 fully saturated rings. The van der Waals surface area contributed by atoms with Crippen molar-refractivity contribution in [3.05, 3.63) is 0 Å². The summed E-state index contributed by atoms with van der Waals surface area (Å²) in [5, 5.41) is 3.30. The van der Waals surface area contributed by atoms with Gasteiger partial charge in [-0.1, -0.05) is 0 Å². The number of hydrogen-bond donors (Lipinski definition) is 1. The van der Waals surface area contributed by atoms with Gasteiger partial charge >= 0.3 is 0 Å². The summed E-state index contributed by atoms with van der Waals surface area (Å²) in [6.07, 6.45) is 3.20. The Kier molecular flexibility index (Phi) is 3.73. The van der Waals surface area contributed by atoms with Gasteiger partial charge < -0.3 is 15.1 Å². The number of hydrogen-bond acceptors (Lipinski definition) is 3. The van der Waals surface area contributed by atoms with Crippen molar-refractivity contribution in [2.45, 2.75) is 32.2 Å². The highest BCUT2D eigenvalue weighted by molar-refractivity contribution is 5.83. The Balaban J connectivity index is 1.95. The van der Waals surface area contributed by atoms with Gasteiger partial charge in [0.05, 0.1) is 5.41 Å². The van der Waals surface area contributed by atoms with Crippen molar-refractivity contribution in [1.82, 2.24) is 15.1 Å². The van der Waals surface area contributed by atoms with E-state index in [2.05, 4.69) is 24.2 Å². The van der Waals surface area contributed by atoms with E-state index in [-0.39, 0.29) is 5.41 Å². The molecule has 0 bridgehead atoms. The Morgan fingerprint density at radius 3 is 2.59 bits per heavy atom. The van der Waals surface area contributed by atoms with Gasteiger partial charge in [-0.25, -0.2) is 0 Å². The van der Waals surface area contributed by atoms with E-state index in [0.29, 0.717) is 11.9 Å². The average molecular weight is 239 g/mol. The van der Waals surface area contributed by atoms with Gasteiger partial charge in [-0.15, -0.1) is 0 Å². The molecule has 17 heavy (non-hydrogen) atoms. The first-order chi connectivity index (χ1) is 8.03. The number of carbonyl (C=O) groups excluding carboxylic acids is 1. The monoisotopic (exact) mass is 239 g/mol. The number of nitrogens with one attached hydrogen (secondary N) is 1. The maximum Gasteiger partial charge on any atom is 0.229 e. The SMILES string of the molecule is CN1CCC(N(C)C(=O)C2(C)CCNC2)CC1.